The number of rotatable bonds is 9. The highest BCUT2D eigenvalue weighted by molar-refractivity contribution is 6.41. The number of furan rings is 1. The van der Waals surface area contributed by atoms with E-state index in [4.69, 9.17) is 19.1 Å². The van der Waals surface area contributed by atoms with E-state index in [1.807, 2.05) is 6.07 Å². The zero-order valence-electron chi connectivity index (χ0n) is 17.5. The van der Waals surface area contributed by atoms with Crippen molar-refractivity contribution in [1.82, 2.24) is 10.8 Å². The van der Waals surface area contributed by atoms with Crippen molar-refractivity contribution < 1.29 is 33.5 Å². The highest BCUT2D eigenvalue weighted by Gasteiger charge is 2.13. The van der Waals surface area contributed by atoms with Gasteiger partial charge in [-0.15, -0.1) is 0 Å². The number of fused-ring (bicyclic) bond motifs is 1. The summed E-state index contributed by atoms with van der Waals surface area (Å²) >= 11 is 0. The molecule has 0 spiro atoms. The number of hydrogen-bond acceptors (Lipinski definition) is 7. The number of ether oxygens (including phenoxy) is 2. The van der Waals surface area contributed by atoms with Crippen LogP contribution in [0.1, 0.15) is 23.0 Å². The summed E-state index contributed by atoms with van der Waals surface area (Å²) < 4.78 is 16.4. The SMILES string of the molecule is COc1ccc2oc(/C(C)=C/C(=O)C(=O)NCCOc3ccc(C(=O)NO)cc3)cc2c1. The van der Waals surface area contributed by atoms with Gasteiger partial charge in [-0.2, -0.15) is 0 Å². The number of benzene rings is 2. The average molecular weight is 438 g/mol. The second kappa shape index (κ2) is 10.3. The van der Waals surface area contributed by atoms with Crippen LogP contribution in [0.5, 0.6) is 11.5 Å². The molecule has 0 atom stereocenters. The van der Waals surface area contributed by atoms with E-state index in [2.05, 4.69) is 5.32 Å². The third-order valence-electron chi connectivity index (χ3n) is 4.56. The zero-order valence-corrected chi connectivity index (χ0v) is 17.5. The van der Waals surface area contributed by atoms with Crippen LogP contribution in [0.25, 0.3) is 16.5 Å². The Morgan fingerprint density at radius 2 is 1.78 bits per heavy atom. The molecule has 3 aromatic rings. The molecule has 0 fully saturated rings. The standard InChI is InChI=1S/C23H22N2O7/c1-14(21-13-16-12-18(30-2)7-8-20(16)32-21)11-19(26)23(28)24-9-10-31-17-5-3-15(4-6-17)22(27)25-29/h3-8,11-13,29H,9-10H2,1-2H3,(H,24,28)(H,25,27)/b14-11+. The summed E-state index contributed by atoms with van der Waals surface area (Å²) in [5.41, 5.74) is 2.97. The highest BCUT2D eigenvalue weighted by Crippen LogP contribution is 2.27. The Morgan fingerprint density at radius 1 is 1.06 bits per heavy atom. The number of ketones is 1. The Bertz CT molecular complexity index is 1160. The molecule has 0 aliphatic carbocycles. The molecule has 1 heterocycles. The first-order valence-corrected chi connectivity index (χ1v) is 9.67. The molecule has 9 nitrogen and oxygen atoms in total. The van der Waals surface area contributed by atoms with Crippen LogP contribution in [0.4, 0.5) is 0 Å². The highest BCUT2D eigenvalue weighted by atomic mass is 16.5. The minimum absolute atomic E-state index is 0.112. The maximum absolute atomic E-state index is 12.2. The van der Waals surface area contributed by atoms with Crippen LogP contribution in [0.2, 0.25) is 0 Å². The van der Waals surface area contributed by atoms with E-state index in [-0.39, 0.29) is 18.7 Å². The summed E-state index contributed by atoms with van der Waals surface area (Å²) in [5, 5.41) is 11.9. The van der Waals surface area contributed by atoms with Gasteiger partial charge < -0.3 is 19.2 Å². The molecule has 0 radical (unpaired) electrons. The number of methoxy groups -OCH3 is 1. The van der Waals surface area contributed by atoms with Crippen molar-refractivity contribution in [3.63, 3.8) is 0 Å². The van der Waals surface area contributed by atoms with Crippen molar-refractivity contribution in [2.24, 2.45) is 0 Å². The van der Waals surface area contributed by atoms with E-state index in [9.17, 15) is 14.4 Å². The number of carbonyl (C=O) groups excluding carboxylic acids is 3. The van der Waals surface area contributed by atoms with E-state index < -0.39 is 17.6 Å². The quantitative estimate of drug-likeness (QED) is 0.154. The monoisotopic (exact) mass is 438 g/mol. The molecule has 9 heteroatoms. The molecule has 0 saturated carbocycles. The fourth-order valence-corrected chi connectivity index (χ4v) is 2.86. The van der Waals surface area contributed by atoms with Crippen LogP contribution >= 0.6 is 0 Å². The van der Waals surface area contributed by atoms with Gasteiger partial charge in [0.1, 0.15) is 29.4 Å². The zero-order chi connectivity index (χ0) is 23.1. The number of allylic oxidation sites excluding steroid dienone is 1. The van der Waals surface area contributed by atoms with E-state index in [0.717, 1.165) is 5.39 Å². The number of nitrogens with one attached hydrogen (secondary N) is 2. The van der Waals surface area contributed by atoms with Crippen LogP contribution in [-0.2, 0) is 9.59 Å². The molecular formula is C23H22N2O7. The molecule has 0 aliphatic rings. The summed E-state index contributed by atoms with van der Waals surface area (Å²) in [6.45, 7) is 1.92. The van der Waals surface area contributed by atoms with Crippen LogP contribution in [0.15, 0.2) is 59.0 Å². The molecule has 0 aliphatic heterocycles. The van der Waals surface area contributed by atoms with Crippen molar-refractivity contribution in [3.05, 3.63) is 65.9 Å². The average Bonchev–Trinajstić information content (AvgIpc) is 3.25. The van der Waals surface area contributed by atoms with Gasteiger partial charge >= 0.3 is 0 Å². The third kappa shape index (κ3) is 5.52. The number of hydrogen-bond donors (Lipinski definition) is 3. The van der Waals surface area contributed by atoms with E-state index >= 15 is 0 Å². The van der Waals surface area contributed by atoms with Crippen molar-refractivity contribution in [2.45, 2.75) is 6.92 Å². The third-order valence-corrected chi connectivity index (χ3v) is 4.56. The first-order chi connectivity index (χ1) is 15.4. The molecule has 0 bridgehead atoms. The molecule has 3 N–H and O–H groups in total. The minimum atomic E-state index is -0.763. The van der Waals surface area contributed by atoms with Gasteiger partial charge in [-0.05, 0) is 67.1 Å². The number of carbonyl (C=O) groups is 3. The van der Waals surface area contributed by atoms with Crippen LogP contribution in [0.3, 0.4) is 0 Å². The van der Waals surface area contributed by atoms with Crippen LogP contribution in [0, 0.1) is 0 Å². The van der Waals surface area contributed by atoms with Gasteiger partial charge in [0.2, 0.25) is 5.78 Å². The van der Waals surface area contributed by atoms with Crippen LogP contribution in [-0.4, -0.2) is 43.1 Å². The van der Waals surface area contributed by atoms with Crippen molar-refractivity contribution >= 4 is 34.1 Å². The van der Waals surface area contributed by atoms with Gasteiger partial charge in [0.15, 0.2) is 0 Å². The Hall–Kier alpha value is -4.11. The Balaban J connectivity index is 1.50. The van der Waals surface area contributed by atoms with E-state index in [1.165, 1.54) is 23.7 Å². The lowest BCUT2D eigenvalue weighted by Gasteiger charge is -2.07. The van der Waals surface area contributed by atoms with Crippen molar-refractivity contribution in [3.8, 4) is 11.5 Å². The molecule has 32 heavy (non-hydrogen) atoms. The van der Waals surface area contributed by atoms with Crippen molar-refractivity contribution in [2.75, 3.05) is 20.3 Å². The van der Waals surface area contributed by atoms with Gasteiger partial charge in [-0.1, -0.05) is 0 Å². The van der Waals surface area contributed by atoms with Crippen LogP contribution < -0.4 is 20.3 Å². The lowest BCUT2D eigenvalue weighted by atomic mass is 10.1. The Kier molecular flexibility index (Phi) is 7.25. The lowest BCUT2D eigenvalue weighted by molar-refractivity contribution is -0.135. The van der Waals surface area contributed by atoms with E-state index in [0.29, 0.717) is 28.4 Å². The second-order valence-corrected chi connectivity index (χ2v) is 6.78. The summed E-state index contributed by atoms with van der Waals surface area (Å²) in [6.07, 6.45) is 1.22. The fraction of sp³-hybridized carbons (Fsp3) is 0.174. The largest absolute Gasteiger partial charge is 0.497 e. The molecule has 0 unspecified atom stereocenters. The van der Waals surface area contributed by atoms with E-state index in [1.54, 1.807) is 44.4 Å². The van der Waals surface area contributed by atoms with Gasteiger partial charge in [0.25, 0.3) is 11.8 Å². The number of hydroxylamine groups is 1. The summed E-state index contributed by atoms with van der Waals surface area (Å²) in [5.74, 6) is -0.460. The molecular weight excluding hydrogens is 416 g/mol. The molecule has 3 rings (SSSR count). The van der Waals surface area contributed by atoms with Gasteiger partial charge in [-0.3, -0.25) is 19.6 Å². The summed E-state index contributed by atoms with van der Waals surface area (Å²) in [6, 6.07) is 13.2. The fourth-order valence-electron chi connectivity index (χ4n) is 2.86. The lowest BCUT2D eigenvalue weighted by Crippen LogP contribution is -2.33. The molecule has 166 valence electrons. The molecule has 0 saturated heterocycles. The van der Waals surface area contributed by atoms with Gasteiger partial charge in [0.05, 0.1) is 13.7 Å². The second-order valence-electron chi connectivity index (χ2n) is 6.78. The summed E-state index contributed by atoms with van der Waals surface area (Å²) in [7, 11) is 1.57. The smallest absolute Gasteiger partial charge is 0.291 e. The Morgan fingerprint density at radius 3 is 2.47 bits per heavy atom. The Labute approximate surface area is 183 Å². The minimum Gasteiger partial charge on any atom is -0.497 e. The van der Waals surface area contributed by atoms with Crippen molar-refractivity contribution in [1.29, 1.82) is 0 Å². The number of amides is 2. The van der Waals surface area contributed by atoms with Gasteiger partial charge in [-0.25, -0.2) is 5.48 Å². The first kappa shape index (κ1) is 22.6. The normalized spacial score (nSPS) is 11.2. The maximum atomic E-state index is 12.2. The maximum Gasteiger partial charge on any atom is 0.291 e. The van der Waals surface area contributed by atoms with Gasteiger partial charge in [0, 0.05) is 10.9 Å². The molecule has 1 aromatic heterocycles. The molecule has 2 aromatic carbocycles. The molecule has 2 amide bonds. The first-order valence-electron chi connectivity index (χ1n) is 9.67. The predicted molar refractivity (Wildman–Crippen MR) is 116 cm³/mol. The summed E-state index contributed by atoms with van der Waals surface area (Å²) in [4.78, 5) is 35.5. The predicted octanol–water partition coefficient (Wildman–Crippen LogP) is 2.73. The topological polar surface area (TPSA) is 127 Å².